The van der Waals surface area contributed by atoms with Gasteiger partial charge in [0, 0.05) is 20.2 Å². The summed E-state index contributed by atoms with van der Waals surface area (Å²) in [6.07, 6.45) is 0. The Bertz CT molecular complexity index is 463. The van der Waals surface area contributed by atoms with Gasteiger partial charge in [-0.15, -0.1) is 0 Å². The molecule has 0 saturated carbocycles. The second-order valence-corrected chi connectivity index (χ2v) is 4.47. The van der Waals surface area contributed by atoms with Crippen LogP contribution in [-0.4, -0.2) is 55.6 Å². The molecule has 0 aliphatic carbocycles. The summed E-state index contributed by atoms with van der Waals surface area (Å²) in [6, 6.07) is 6.23. The van der Waals surface area contributed by atoms with Gasteiger partial charge >= 0.3 is 11.9 Å². The Hall–Kier alpha value is -2.12. The van der Waals surface area contributed by atoms with Gasteiger partial charge < -0.3 is 25.0 Å². The Morgan fingerprint density at radius 1 is 1.09 bits per heavy atom. The minimum Gasteiger partial charge on any atom is -0.492 e. The molecule has 0 aromatic heterocycles. The van der Waals surface area contributed by atoms with E-state index < -0.39 is 11.9 Å². The fourth-order valence-electron chi connectivity index (χ4n) is 1.49. The van der Waals surface area contributed by atoms with E-state index in [0.717, 1.165) is 25.4 Å². The molecule has 0 unspecified atom stereocenters. The van der Waals surface area contributed by atoms with Crippen LogP contribution >= 0.6 is 0 Å². The summed E-state index contributed by atoms with van der Waals surface area (Å²) in [5.74, 6) is -2.68. The number of benzene rings is 1. The lowest BCUT2D eigenvalue weighted by molar-refractivity contribution is -0.159. The standard InChI is InChI=1S/C13H21NO2.C2H2O4/c1-11-4-5-13(12(2)10-11)16-9-7-14-6-8-15-3;3-1(4)2(5)6/h4-5,10,14H,6-9H2,1-3H3;(H,3,4)(H,5,6). The van der Waals surface area contributed by atoms with Crippen molar-refractivity contribution in [1.82, 2.24) is 5.32 Å². The molecular formula is C15H23NO6. The minimum absolute atomic E-state index is 0.688. The van der Waals surface area contributed by atoms with Gasteiger partial charge in [0.2, 0.25) is 0 Å². The number of aliphatic carboxylic acids is 2. The number of methoxy groups -OCH3 is 1. The first-order valence-corrected chi connectivity index (χ1v) is 6.74. The number of hydrogen-bond donors (Lipinski definition) is 3. The van der Waals surface area contributed by atoms with Crippen LogP contribution in [0, 0.1) is 13.8 Å². The maximum Gasteiger partial charge on any atom is 0.414 e. The molecule has 0 aliphatic rings. The zero-order valence-electron chi connectivity index (χ0n) is 13.1. The van der Waals surface area contributed by atoms with Gasteiger partial charge in [-0.25, -0.2) is 9.59 Å². The summed E-state index contributed by atoms with van der Waals surface area (Å²) >= 11 is 0. The maximum absolute atomic E-state index is 9.10. The molecule has 124 valence electrons. The number of rotatable bonds is 7. The number of carbonyl (C=O) groups is 2. The van der Waals surface area contributed by atoms with Gasteiger partial charge in [-0.05, 0) is 25.5 Å². The lowest BCUT2D eigenvalue weighted by Crippen LogP contribution is -2.24. The monoisotopic (exact) mass is 313 g/mol. The topological polar surface area (TPSA) is 105 Å². The van der Waals surface area contributed by atoms with Gasteiger partial charge in [-0.1, -0.05) is 17.7 Å². The molecule has 0 amide bonds. The molecule has 1 aromatic rings. The Labute approximate surface area is 129 Å². The fourth-order valence-corrected chi connectivity index (χ4v) is 1.49. The highest BCUT2D eigenvalue weighted by Gasteiger charge is 2.04. The highest BCUT2D eigenvalue weighted by molar-refractivity contribution is 6.27. The van der Waals surface area contributed by atoms with Gasteiger partial charge in [-0.3, -0.25) is 0 Å². The summed E-state index contributed by atoms with van der Waals surface area (Å²) < 4.78 is 10.6. The second kappa shape index (κ2) is 11.5. The zero-order valence-corrected chi connectivity index (χ0v) is 13.1. The van der Waals surface area contributed by atoms with Crippen molar-refractivity contribution in [2.45, 2.75) is 13.8 Å². The van der Waals surface area contributed by atoms with Crippen LogP contribution in [-0.2, 0) is 14.3 Å². The number of hydrogen-bond acceptors (Lipinski definition) is 5. The molecule has 0 spiro atoms. The normalized spacial score (nSPS) is 9.59. The van der Waals surface area contributed by atoms with Crippen LogP contribution < -0.4 is 10.1 Å². The molecule has 0 radical (unpaired) electrons. The molecule has 22 heavy (non-hydrogen) atoms. The average molecular weight is 313 g/mol. The van der Waals surface area contributed by atoms with E-state index in [2.05, 4.69) is 31.3 Å². The van der Waals surface area contributed by atoms with E-state index in [1.165, 1.54) is 11.1 Å². The van der Waals surface area contributed by atoms with Crippen molar-refractivity contribution >= 4 is 11.9 Å². The van der Waals surface area contributed by atoms with Crippen LogP contribution in [0.3, 0.4) is 0 Å². The van der Waals surface area contributed by atoms with E-state index in [4.69, 9.17) is 29.3 Å². The largest absolute Gasteiger partial charge is 0.492 e. The fraction of sp³-hybridized carbons (Fsp3) is 0.467. The highest BCUT2D eigenvalue weighted by atomic mass is 16.5. The maximum atomic E-state index is 9.10. The van der Waals surface area contributed by atoms with Crippen molar-refractivity contribution in [1.29, 1.82) is 0 Å². The number of nitrogens with one attached hydrogen (secondary N) is 1. The van der Waals surface area contributed by atoms with E-state index in [0.29, 0.717) is 6.61 Å². The van der Waals surface area contributed by atoms with Gasteiger partial charge in [0.25, 0.3) is 0 Å². The first kappa shape index (κ1) is 19.9. The number of carboxylic acids is 2. The Morgan fingerprint density at radius 3 is 2.18 bits per heavy atom. The van der Waals surface area contributed by atoms with E-state index in [9.17, 15) is 0 Å². The number of ether oxygens (including phenoxy) is 2. The molecule has 1 rings (SSSR count). The quantitative estimate of drug-likeness (QED) is 0.511. The van der Waals surface area contributed by atoms with Crippen LogP contribution in [0.4, 0.5) is 0 Å². The second-order valence-electron chi connectivity index (χ2n) is 4.47. The molecule has 1 aromatic carbocycles. The van der Waals surface area contributed by atoms with E-state index in [1.54, 1.807) is 7.11 Å². The third-order valence-electron chi connectivity index (χ3n) is 2.53. The number of carboxylic acid groups (broad SMARTS) is 2. The smallest absolute Gasteiger partial charge is 0.414 e. The molecule has 7 nitrogen and oxygen atoms in total. The van der Waals surface area contributed by atoms with Gasteiger partial charge in [0.15, 0.2) is 0 Å². The van der Waals surface area contributed by atoms with Crippen molar-refractivity contribution in [3.8, 4) is 5.75 Å². The Balaban J connectivity index is 0.000000626. The summed E-state index contributed by atoms with van der Waals surface area (Å²) in [4.78, 5) is 18.2. The van der Waals surface area contributed by atoms with Gasteiger partial charge in [0.1, 0.15) is 12.4 Å². The molecule has 0 bridgehead atoms. The summed E-state index contributed by atoms with van der Waals surface area (Å²) in [5.41, 5.74) is 2.46. The molecular weight excluding hydrogens is 290 g/mol. The van der Waals surface area contributed by atoms with Gasteiger partial charge in [0.05, 0.1) is 6.61 Å². The molecule has 0 aliphatic heterocycles. The minimum atomic E-state index is -1.82. The predicted octanol–water partition coefficient (Wildman–Crippen LogP) is 1.07. The average Bonchev–Trinajstić information content (AvgIpc) is 2.45. The van der Waals surface area contributed by atoms with Crippen molar-refractivity contribution in [3.63, 3.8) is 0 Å². The molecule has 0 saturated heterocycles. The molecule has 0 atom stereocenters. The first-order chi connectivity index (χ1) is 10.4. The zero-order chi connectivity index (χ0) is 17.0. The van der Waals surface area contributed by atoms with E-state index in [1.807, 2.05) is 6.07 Å². The Kier molecular flexibility index (Phi) is 10.4. The third-order valence-corrected chi connectivity index (χ3v) is 2.53. The van der Waals surface area contributed by atoms with Crippen molar-refractivity contribution in [2.24, 2.45) is 0 Å². The van der Waals surface area contributed by atoms with Crippen molar-refractivity contribution in [3.05, 3.63) is 29.3 Å². The van der Waals surface area contributed by atoms with Crippen LogP contribution in [0.15, 0.2) is 18.2 Å². The number of aryl methyl sites for hydroxylation is 2. The van der Waals surface area contributed by atoms with Crippen LogP contribution in [0.1, 0.15) is 11.1 Å². The van der Waals surface area contributed by atoms with Crippen LogP contribution in [0.25, 0.3) is 0 Å². The van der Waals surface area contributed by atoms with E-state index >= 15 is 0 Å². The summed E-state index contributed by atoms with van der Waals surface area (Å²) in [7, 11) is 1.70. The highest BCUT2D eigenvalue weighted by Crippen LogP contribution is 2.18. The van der Waals surface area contributed by atoms with Crippen molar-refractivity contribution in [2.75, 3.05) is 33.4 Å². The summed E-state index contributed by atoms with van der Waals surface area (Å²) in [5, 5.41) is 18.0. The SMILES string of the molecule is COCCNCCOc1ccc(C)cc1C.O=C(O)C(=O)O. The summed E-state index contributed by atoms with van der Waals surface area (Å²) in [6.45, 7) is 7.30. The molecule has 7 heteroatoms. The van der Waals surface area contributed by atoms with Crippen LogP contribution in [0.2, 0.25) is 0 Å². The third kappa shape index (κ3) is 9.73. The first-order valence-electron chi connectivity index (χ1n) is 6.74. The molecule has 3 N–H and O–H groups in total. The molecule has 0 fully saturated rings. The van der Waals surface area contributed by atoms with Gasteiger partial charge in [-0.2, -0.15) is 0 Å². The predicted molar refractivity (Wildman–Crippen MR) is 81.4 cm³/mol. The van der Waals surface area contributed by atoms with Crippen LogP contribution in [0.5, 0.6) is 5.75 Å². The lowest BCUT2D eigenvalue weighted by Gasteiger charge is -2.10. The van der Waals surface area contributed by atoms with Crippen molar-refractivity contribution < 1.29 is 29.3 Å². The Morgan fingerprint density at radius 2 is 1.68 bits per heavy atom. The lowest BCUT2D eigenvalue weighted by atomic mass is 10.1. The molecule has 0 heterocycles. The van der Waals surface area contributed by atoms with E-state index in [-0.39, 0.29) is 0 Å².